The van der Waals surface area contributed by atoms with Crippen LogP contribution in [-0.4, -0.2) is 22.3 Å². The molecule has 0 aliphatic heterocycles. The average Bonchev–Trinajstić information content (AvgIpc) is 3.37. The van der Waals surface area contributed by atoms with Crippen molar-refractivity contribution in [1.29, 1.82) is 0 Å². The summed E-state index contributed by atoms with van der Waals surface area (Å²) < 4.78 is 0. The lowest BCUT2D eigenvalue weighted by atomic mass is 9.92. The van der Waals surface area contributed by atoms with E-state index in [-0.39, 0.29) is 11.8 Å². The van der Waals surface area contributed by atoms with Crippen molar-refractivity contribution < 1.29 is 9.59 Å². The van der Waals surface area contributed by atoms with E-state index in [2.05, 4.69) is 17.2 Å². The van der Waals surface area contributed by atoms with E-state index < -0.39 is 5.54 Å². The van der Waals surface area contributed by atoms with E-state index in [1.54, 1.807) is 4.90 Å². The number of amides is 2. The second kappa shape index (κ2) is 10.7. The minimum atomic E-state index is -0.896. The van der Waals surface area contributed by atoms with E-state index in [9.17, 15) is 9.59 Å². The topological polar surface area (TPSA) is 49.4 Å². The van der Waals surface area contributed by atoms with Crippen molar-refractivity contribution in [2.45, 2.75) is 44.3 Å². The molecular formula is C29H28N2O2. The van der Waals surface area contributed by atoms with Crippen molar-refractivity contribution in [3.05, 3.63) is 108 Å². The summed E-state index contributed by atoms with van der Waals surface area (Å²) in [5, 5.41) is 3.10. The Labute approximate surface area is 195 Å². The standard InChI is InChI=1S/C29H28N2O2/c32-27(19-18-24-12-4-1-5-13-24)31(23-26-16-8-3-9-17-26)29(20-10-11-21-29)28(33)30-22-25-14-6-2-7-15-25/h1-9,12-17H,10-11,20-23H2,(H,30,33). The summed E-state index contributed by atoms with van der Waals surface area (Å²) >= 11 is 0. The molecule has 1 aliphatic carbocycles. The fourth-order valence-electron chi connectivity index (χ4n) is 4.42. The van der Waals surface area contributed by atoms with Gasteiger partial charge in [-0.25, -0.2) is 0 Å². The van der Waals surface area contributed by atoms with Crippen LogP contribution in [0.25, 0.3) is 0 Å². The van der Waals surface area contributed by atoms with Crippen LogP contribution in [0.2, 0.25) is 0 Å². The van der Waals surface area contributed by atoms with E-state index >= 15 is 0 Å². The maximum atomic E-state index is 13.6. The van der Waals surface area contributed by atoms with Crippen molar-refractivity contribution in [2.75, 3.05) is 0 Å². The highest BCUT2D eigenvalue weighted by Crippen LogP contribution is 2.37. The molecule has 1 N–H and O–H groups in total. The third-order valence-electron chi connectivity index (χ3n) is 6.18. The molecule has 0 radical (unpaired) electrons. The van der Waals surface area contributed by atoms with E-state index in [0.29, 0.717) is 25.9 Å². The number of rotatable bonds is 6. The van der Waals surface area contributed by atoms with Crippen LogP contribution in [-0.2, 0) is 22.7 Å². The van der Waals surface area contributed by atoms with Crippen LogP contribution < -0.4 is 5.32 Å². The fourth-order valence-corrected chi connectivity index (χ4v) is 4.42. The summed E-state index contributed by atoms with van der Waals surface area (Å²) in [5.74, 6) is 5.36. The smallest absolute Gasteiger partial charge is 0.300 e. The Morgan fingerprint density at radius 2 is 1.33 bits per heavy atom. The molecule has 1 fully saturated rings. The number of hydrogen-bond donors (Lipinski definition) is 1. The summed E-state index contributed by atoms with van der Waals surface area (Å²) in [6.45, 7) is 0.784. The lowest BCUT2D eigenvalue weighted by molar-refractivity contribution is -0.145. The number of nitrogens with zero attached hydrogens (tertiary/aromatic N) is 1. The van der Waals surface area contributed by atoms with E-state index in [1.807, 2.05) is 91.0 Å². The van der Waals surface area contributed by atoms with Crippen molar-refractivity contribution in [3.8, 4) is 11.8 Å². The van der Waals surface area contributed by atoms with Gasteiger partial charge in [-0.05, 0) is 36.1 Å². The zero-order valence-corrected chi connectivity index (χ0v) is 18.7. The van der Waals surface area contributed by atoms with Gasteiger partial charge in [-0.1, -0.05) is 97.6 Å². The molecule has 4 heteroatoms. The predicted octanol–water partition coefficient (Wildman–Crippen LogP) is 4.70. The van der Waals surface area contributed by atoms with Gasteiger partial charge in [-0.2, -0.15) is 0 Å². The van der Waals surface area contributed by atoms with Crippen molar-refractivity contribution in [1.82, 2.24) is 10.2 Å². The van der Waals surface area contributed by atoms with Gasteiger partial charge < -0.3 is 10.2 Å². The summed E-state index contributed by atoms with van der Waals surface area (Å²) in [5.41, 5.74) is 1.89. The molecule has 0 aromatic heterocycles. The van der Waals surface area contributed by atoms with Crippen LogP contribution in [0, 0.1) is 11.8 Å². The third-order valence-corrected chi connectivity index (χ3v) is 6.18. The number of benzene rings is 3. The molecule has 1 aliphatic rings. The van der Waals surface area contributed by atoms with Crippen LogP contribution in [0.3, 0.4) is 0 Å². The molecule has 4 rings (SSSR count). The molecule has 0 atom stereocenters. The molecule has 0 spiro atoms. The summed E-state index contributed by atoms with van der Waals surface area (Å²) in [7, 11) is 0. The van der Waals surface area contributed by atoms with Crippen LogP contribution in [0.15, 0.2) is 91.0 Å². The van der Waals surface area contributed by atoms with Crippen molar-refractivity contribution >= 4 is 11.8 Å². The number of carbonyl (C=O) groups is 2. The van der Waals surface area contributed by atoms with E-state index in [0.717, 1.165) is 29.5 Å². The third kappa shape index (κ3) is 5.51. The average molecular weight is 437 g/mol. The molecule has 0 unspecified atom stereocenters. The van der Waals surface area contributed by atoms with Gasteiger partial charge in [0.25, 0.3) is 5.91 Å². The van der Waals surface area contributed by atoms with Gasteiger partial charge in [-0.3, -0.25) is 9.59 Å². The molecule has 3 aromatic rings. The molecule has 3 aromatic carbocycles. The largest absolute Gasteiger partial charge is 0.350 e. The quantitative estimate of drug-likeness (QED) is 0.570. The van der Waals surface area contributed by atoms with Gasteiger partial charge in [0.1, 0.15) is 5.54 Å². The monoisotopic (exact) mass is 436 g/mol. The number of nitrogens with one attached hydrogen (secondary N) is 1. The normalized spacial score (nSPS) is 14.1. The van der Waals surface area contributed by atoms with Crippen molar-refractivity contribution in [3.63, 3.8) is 0 Å². The number of hydrogen-bond acceptors (Lipinski definition) is 2. The molecule has 0 bridgehead atoms. The van der Waals surface area contributed by atoms with Gasteiger partial charge >= 0.3 is 0 Å². The minimum Gasteiger partial charge on any atom is -0.350 e. The van der Waals surface area contributed by atoms with Gasteiger partial charge in [0, 0.05) is 24.6 Å². The minimum absolute atomic E-state index is 0.102. The lowest BCUT2D eigenvalue weighted by Crippen LogP contribution is -2.58. The van der Waals surface area contributed by atoms with Gasteiger partial charge in [0.05, 0.1) is 0 Å². The Bertz CT molecular complexity index is 1130. The van der Waals surface area contributed by atoms with Crippen molar-refractivity contribution in [2.24, 2.45) is 0 Å². The Kier molecular flexibility index (Phi) is 7.22. The first-order valence-corrected chi connectivity index (χ1v) is 11.4. The Balaban J connectivity index is 1.63. The summed E-state index contributed by atoms with van der Waals surface area (Å²) in [6, 6.07) is 29.1. The van der Waals surface area contributed by atoms with Gasteiger partial charge in [0.15, 0.2) is 0 Å². The van der Waals surface area contributed by atoms with Crippen LogP contribution in [0.4, 0.5) is 0 Å². The van der Waals surface area contributed by atoms with Gasteiger partial charge in [-0.15, -0.1) is 0 Å². The molecule has 33 heavy (non-hydrogen) atoms. The lowest BCUT2D eigenvalue weighted by Gasteiger charge is -2.39. The molecular weight excluding hydrogens is 408 g/mol. The summed E-state index contributed by atoms with van der Waals surface area (Å²) in [4.78, 5) is 28.8. The highest BCUT2D eigenvalue weighted by atomic mass is 16.2. The zero-order valence-electron chi connectivity index (χ0n) is 18.7. The molecule has 0 heterocycles. The summed E-state index contributed by atoms with van der Waals surface area (Å²) in [6.07, 6.45) is 3.09. The molecule has 0 saturated heterocycles. The second-order valence-electron chi connectivity index (χ2n) is 8.40. The molecule has 4 nitrogen and oxygen atoms in total. The highest BCUT2D eigenvalue weighted by Gasteiger charge is 2.48. The number of carbonyl (C=O) groups excluding carboxylic acids is 2. The van der Waals surface area contributed by atoms with Gasteiger partial charge in [0.2, 0.25) is 5.91 Å². The first-order chi connectivity index (χ1) is 16.2. The fraction of sp³-hybridized carbons (Fsp3) is 0.241. The SMILES string of the molecule is O=C(C#Cc1ccccc1)N(Cc1ccccc1)C1(C(=O)NCc2ccccc2)CCCC1. The maximum Gasteiger partial charge on any atom is 0.300 e. The van der Waals surface area contributed by atoms with E-state index in [4.69, 9.17) is 0 Å². The first kappa shape index (κ1) is 22.4. The van der Waals surface area contributed by atoms with E-state index in [1.165, 1.54) is 0 Å². The Morgan fingerprint density at radius 3 is 1.94 bits per heavy atom. The first-order valence-electron chi connectivity index (χ1n) is 11.4. The zero-order chi connectivity index (χ0) is 22.9. The van der Waals surface area contributed by atoms with Crippen LogP contribution in [0.1, 0.15) is 42.4 Å². The predicted molar refractivity (Wildman–Crippen MR) is 130 cm³/mol. The second-order valence-corrected chi connectivity index (χ2v) is 8.40. The highest BCUT2D eigenvalue weighted by molar-refractivity contribution is 5.99. The Morgan fingerprint density at radius 1 is 0.788 bits per heavy atom. The maximum absolute atomic E-state index is 13.6. The molecule has 1 saturated carbocycles. The molecule has 166 valence electrons. The molecule has 2 amide bonds. The Hall–Kier alpha value is -3.84. The van der Waals surface area contributed by atoms with Crippen LogP contribution in [0.5, 0.6) is 0 Å². The van der Waals surface area contributed by atoms with Crippen LogP contribution >= 0.6 is 0 Å².